The van der Waals surface area contributed by atoms with Gasteiger partial charge in [-0.25, -0.2) is 9.38 Å². The number of methoxy groups -OCH3 is 1. The number of ether oxygens (including phenoxy) is 1. The largest absolute Gasteiger partial charge is 0.505 e. The molecule has 142 valence electrons. The molecule has 0 aliphatic heterocycles. The van der Waals surface area contributed by atoms with E-state index in [1.807, 2.05) is 32.0 Å². The lowest BCUT2D eigenvalue weighted by atomic mass is 10.1. The van der Waals surface area contributed by atoms with Crippen LogP contribution in [0.25, 0.3) is 0 Å². The van der Waals surface area contributed by atoms with E-state index in [4.69, 9.17) is 4.74 Å². The predicted molar refractivity (Wildman–Crippen MR) is 113 cm³/mol. The van der Waals surface area contributed by atoms with Gasteiger partial charge in [0, 0.05) is 18.7 Å². The van der Waals surface area contributed by atoms with Crippen LogP contribution in [0.5, 0.6) is 11.5 Å². The van der Waals surface area contributed by atoms with Gasteiger partial charge in [0.15, 0.2) is 17.5 Å². The lowest BCUT2D eigenvalue weighted by Crippen LogP contribution is -2.36. The Bertz CT molecular complexity index is 754. The van der Waals surface area contributed by atoms with Crippen LogP contribution in [-0.4, -0.2) is 24.7 Å². The molecular weight excluding hydrogens is 448 g/mol. The SMILES string of the molecule is CCNC(=NCc1ccc(O)c(F)c1)NCc1ccc(C)cc1OC.I. The summed E-state index contributed by atoms with van der Waals surface area (Å²) in [7, 11) is 1.65. The van der Waals surface area contributed by atoms with Crippen molar-refractivity contribution in [1.29, 1.82) is 0 Å². The summed E-state index contributed by atoms with van der Waals surface area (Å²) in [5.74, 6) is 0.446. The number of nitrogens with one attached hydrogen (secondary N) is 2. The van der Waals surface area contributed by atoms with E-state index in [-0.39, 0.29) is 29.7 Å². The molecule has 5 nitrogen and oxygen atoms in total. The van der Waals surface area contributed by atoms with Crippen LogP contribution in [0.2, 0.25) is 0 Å². The number of phenolic OH excluding ortho intramolecular Hbond substituents is 1. The first-order chi connectivity index (χ1) is 12.0. The average Bonchev–Trinajstić information content (AvgIpc) is 2.61. The standard InChI is InChI=1S/C19H24FN3O2.HI/c1-4-21-19(22-11-14-6-8-17(24)16(20)10-14)23-12-15-7-5-13(2)9-18(15)25-3;/h5-10,24H,4,11-12H2,1-3H3,(H2,21,22,23);1H. The zero-order valence-electron chi connectivity index (χ0n) is 15.2. The molecule has 0 amide bonds. The van der Waals surface area contributed by atoms with Gasteiger partial charge < -0.3 is 20.5 Å². The summed E-state index contributed by atoms with van der Waals surface area (Å²) in [5.41, 5.74) is 2.84. The van der Waals surface area contributed by atoms with Crippen LogP contribution in [-0.2, 0) is 13.1 Å². The van der Waals surface area contributed by atoms with Crippen LogP contribution in [0.4, 0.5) is 4.39 Å². The van der Waals surface area contributed by atoms with Gasteiger partial charge in [-0.05, 0) is 43.2 Å². The zero-order chi connectivity index (χ0) is 18.2. The highest BCUT2D eigenvalue weighted by Gasteiger charge is 2.05. The molecule has 2 aromatic carbocycles. The summed E-state index contributed by atoms with van der Waals surface area (Å²) in [4.78, 5) is 4.45. The van der Waals surface area contributed by atoms with Crippen LogP contribution in [0.1, 0.15) is 23.6 Å². The maximum Gasteiger partial charge on any atom is 0.191 e. The number of aromatic hydroxyl groups is 1. The van der Waals surface area contributed by atoms with Crippen molar-refractivity contribution in [2.45, 2.75) is 26.9 Å². The maximum absolute atomic E-state index is 13.4. The van der Waals surface area contributed by atoms with Gasteiger partial charge in [0.05, 0.1) is 13.7 Å². The second kappa shape index (κ2) is 10.8. The fraction of sp³-hybridized carbons (Fsp3) is 0.316. The van der Waals surface area contributed by atoms with E-state index in [1.165, 1.54) is 12.1 Å². The van der Waals surface area contributed by atoms with E-state index >= 15 is 0 Å². The Morgan fingerprint density at radius 1 is 1.19 bits per heavy atom. The molecule has 0 bridgehead atoms. The molecule has 0 heterocycles. The summed E-state index contributed by atoms with van der Waals surface area (Å²) in [6.07, 6.45) is 0. The first kappa shape index (κ1) is 22.0. The highest BCUT2D eigenvalue weighted by molar-refractivity contribution is 14.0. The number of aryl methyl sites for hydroxylation is 1. The molecule has 0 atom stereocenters. The molecule has 0 fully saturated rings. The number of guanidine groups is 1. The first-order valence-corrected chi connectivity index (χ1v) is 8.16. The molecule has 0 radical (unpaired) electrons. The van der Waals surface area contributed by atoms with Crippen molar-refractivity contribution in [3.8, 4) is 11.5 Å². The Morgan fingerprint density at radius 3 is 2.62 bits per heavy atom. The van der Waals surface area contributed by atoms with E-state index < -0.39 is 5.82 Å². The molecule has 0 spiro atoms. The third-order valence-electron chi connectivity index (χ3n) is 3.66. The number of benzene rings is 2. The van der Waals surface area contributed by atoms with Gasteiger partial charge in [0.25, 0.3) is 0 Å². The molecule has 26 heavy (non-hydrogen) atoms. The van der Waals surface area contributed by atoms with Crippen molar-refractivity contribution in [2.75, 3.05) is 13.7 Å². The Kier molecular flexibility index (Phi) is 9.18. The molecule has 0 aliphatic carbocycles. The summed E-state index contributed by atoms with van der Waals surface area (Å²) in [5, 5.41) is 15.6. The van der Waals surface area contributed by atoms with Crippen molar-refractivity contribution < 1.29 is 14.2 Å². The summed E-state index contributed by atoms with van der Waals surface area (Å²) < 4.78 is 18.8. The first-order valence-electron chi connectivity index (χ1n) is 8.16. The van der Waals surface area contributed by atoms with Crippen LogP contribution in [0.15, 0.2) is 41.4 Å². The van der Waals surface area contributed by atoms with Gasteiger partial charge in [0.1, 0.15) is 5.75 Å². The summed E-state index contributed by atoms with van der Waals surface area (Å²) in [6, 6.07) is 10.3. The Morgan fingerprint density at radius 2 is 1.96 bits per heavy atom. The molecule has 0 unspecified atom stereocenters. The summed E-state index contributed by atoms with van der Waals surface area (Å²) in [6.45, 7) is 5.56. The van der Waals surface area contributed by atoms with Crippen molar-refractivity contribution in [1.82, 2.24) is 10.6 Å². The normalized spacial score (nSPS) is 10.8. The van der Waals surface area contributed by atoms with E-state index in [0.29, 0.717) is 31.2 Å². The zero-order valence-corrected chi connectivity index (χ0v) is 17.5. The molecular formula is C19H25FIN3O2. The van der Waals surface area contributed by atoms with Gasteiger partial charge >= 0.3 is 0 Å². The van der Waals surface area contributed by atoms with Gasteiger partial charge in [-0.2, -0.15) is 0 Å². The average molecular weight is 473 g/mol. The van der Waals surface area contributed by atoms with Crippen molar-refractivity contribution >= 4 is 29.9 Å². The number of phenols is 1. The number of hydrogen-bond donors (Lipinski definition) is 3. The Balaban J connectivity index is 0.00000338. The smallest absolute Gasteiger partial charge is 0.191 e. The number of nitrogens with zero attached hydrogens (tertiary/aromatic N) is 1. The Labute approximate surface area is 170 Å². The molecule has 7 heteroatoms. The van der Waals surface area contributed by atoms with Gasteiger partial charge in [-0.3, -0.25) is 0 Å². The van der Waals surface area contributed by atoms with Gasteiger partial charge in [0.2, 0.25) is 0 Å². The number of halogens is 2. The Hall–Kier alpha value is -2.03. The highest BCUT2D eigenvalue weighted by atomic mass is 127. The van der Waals surface area contributed by atoms with Crippen molar-refractivity contribution in [3.63, 3.8) is 0 Å². The van der Waals surface area contributed by atoms with Crippen LogP contribution in [0.3, 0.4) is 0 Å². The quantitative estimate of drug-likeness (QED) is 0.340. The van der Waals surface area contributed by atoms with Gasteiger partial charge in [-0.1, -0.05) is 18.2 Å². The third kappa shape index (κ3) is 6.36. The molecule has 0 saturated heterocycles. The molecule has 2 aromatic rings. The highest BCUT2D eigenvalue weighted by Crippen LogP contribution is 2.19. The minimum atomic E-state index is -0.643. The van der Waals surface area contributed by atoms with E-state index in [9.17, 15) is 9.50 Å². The van der Waals surface area contributed by atoms with E-state index in [2.05, 4.69) is 15.6 Å². The third-order valence-corrected chi connectivity index (χ3v) is 3.66. The number of aliphatic imine (C=N–C) groups is 1. The fourth-order valence-corrected chi connectivity index (χ4v) is 2.34. The van der Waals surface area contributed by atoms with Crippen molar-refractivity contribution in [2.24, 2.45) is 4.99 Å². The lowest BCUT2D eigenvalue weighted by Gasteiger charge is -2.14. The molecule has 2 rings (SSSR count). The monoisotopic (exact) mass is 473 g/mol. The molecule has 0 saturated carbocycles. The van der Waals surface area contributed by atoms with Crippen LogP contribution >= 0.6 is 24.0 Å². The van der Waals surface area contributed by atoms with E-state index in [1.54, 1.807) is 13.2 Å². The summed E-state index contributed by atoms with van der Waals surface area (Å²) >= 11 is 0. The second-order valence-electron chi connectivity index (χ2n) is 5.65. The topological polar surface area (TPSA) is 65.9 Å². The van der Waals surface area contributed by atoms with Crippen molar-refractivity contribution in [3.05, 3.63) is 58.9 Å². The minimum absolute atomic E-state index is 0. The van der Waals surface area contributed by atoms with Crippen LogP contribution in [0, 0.1) is 12.7 Å². The number of rotatable bonds is 6. The maximum atomic E-state index is 13.4. The fourth-order valence-electron chi connectivity index (χ4n) is 2.34. The lowest BCUT2D eigenvalue weighted by molar-refractivity contribution is 0.408. The second-order valence-corrected chi connectivity index (χ2v) is 5.65. The van der Waals surface area contributed by atoms with Crippen LogP contribution < -0.4 is 15.4 Å². The minimum Gasteiger partial charge on any atom is -0.505 e. The molecule has 0 aliphatic rings. The van der Waals surface area contributed by atoms with E-state index in [0.717, 1.165) is 16.9 Å². The predicted octanol–water partition coefficient (Wildman–Crippen LogP) is 3.72. The van der Waals surface area contributed by atoms with Gasteiger partial charge in [-0.15, -0.1) is 24.0 Å². The molecule has 0 aromatic heterocycles. The molecule has 3 N–H and O–H groups in total. The number of hydrogen-bond acceptors (Lipinski definition) is 3.